The quantitative estimate of drug-likeness (QED) is 0.860. The van der Waals surface area contributed by atoms with Crippen LogP contribution in [-0.2, 0) is 9.53 Å². The lowest BCUT2D eigenvalue weighted by Gasteiger charge is -2.38. The summed E-state index contributed by atoms with van der Waals surface area (Å²) in [6.07, 6.45) is 0. The molecule has 0 aliphatic carbocycles. The van der Waals surface area contributed by atoms with Gasteiger partial charge >= 0.3 is 0 Å². The van der Waals surface area contributed by atoms with E-state index in [2.05, 4.69) is 5.32 Å². The van der Waals surface area contributed by atoms with Crippen molar-refractivity contribution in [3.8, 4) is 5.75 Å². The van der Waals surface area contributed by atoms with E-state index >= 15 is 0 Å². The molecule has 0 atom stereocenters. The molecule has 19 heavy (non-hydrogen) atoms. The molecule has 1 aliphatic heterocycles. The monoisotopic (exact) mass is 265 g/mol. The Bertz CT molecular complexity index is 489. The Morgan fingerprint density at radius 2 is 2.16 bits per heavy atom. The molecule has 0 bridgehead atoms. The maximum atomic E-state index is 12.2. The molecule has 5 nitrogen and oxygen atoms in total. The lowest BCUT2D eigenvalue weighted by Crippen LogP contribution is -2.54. The highest BCUT2D eigenvalue weighted by Crippen LogP contribution is 2.33. The summed E-state index contributed by atoms with van der Waals surface area (Å²) < 4.78 is 10.3. The lowest BCUT2D eigenvalue weighted by molar-refractivity contribution is -0.164. The molecule has 0 unspecified atom stereocenters. The molecule has 1 aliphatic rings. The van der Waals surface area contributed by atoms with Crippen LogP contribution >= 0.6 is 0 Å². The van der Waals surface area contributed by atoms with Crippen molar-refractivity contribution in [1.82, 2.24) is 0 Å². The molecule has 5 heteroatoms. The van der Waals surface area contributed by atoms with Crippen molar-refractivity contribution < 1.29 is 19.4 Å². The average molecular weight is 265 g/mol. The number of aliphatic hydroxyl groups is 1. The standard InChI is InChI=1S/C14H19NO4/c1-9-4-10(2)12(11(5-9)18-3)15-13(17)14(6-16)7-19-8-14/h4-5,16H,6-8H2,1-3H3,(H,15,17). The second-order valence-electron chi connectivity index (χ2n) is 5.04. The van der Waals surface area contributed by atoms with E-state index in [0.29, 0.717) is 11.4 Å². The summed E-state index contributed by atoms with van der Waals surface area (Å²) in [4.78, 5) is 12.2. The maximum Gasteiger partial charge on any atom is 0.237 e. The van der Waals surface area contributed by atoms with E-state index in [9.17, 15) is 9.90 Å². The van der Waals surface area contributed by atoms with Crippen molar-refractivity contribution in [2.45, 2.75) is 13.8 Å². The van der Waals surface area contributed by atoms with E-state index in [0.717, 1.165) is 11.1 Å². The number of aryl methyl sites for hydroxylation is 2. The summed E-state index contributed by atoms with van der Waals surface area (Å²) in [6, 6.07) is 3.84. The largest absolute Gasteiger partial charge is 0.495 e. The minimum atomic E-state index is -0.817. The number of hydrogen-bond acceptors (Lipinski definition) is 4. The van der Waals surface area contributed by atoms with Gasteiger partial charge in [0.25, 0.3) is 0 Å². The fourth-order valence-corrected chi connectivity index (χ4v) is 2.14. The molecule has 2 rings (SSSR count). The third kappa shape index (κ3) is 2.43. The first-order chi connectivity index (χ1) is 9.02. The minimum Gasteiger partial charge on any atom is -0.495 e. The van der Waals surface area contributed by atoms with Crippen LogP contribution in [0.2, 0.25) is 0 Å². The summed E-state index contributed by atoms with van der Waals surface area (Å²) in [7, 11) is 1.57. The number of rotatable bonds is 4. The van der Waals surface area contributed by atoms with Crippen LogP contribution in [0.1, 0.15) is 11.1 Å². The molecule has 0 saturated carbocycles. The van der Waals surface area contributed by atoms with Gasteiger partial charge in [0, 0.05) is 0 Å². The SMILES string of the molecule is COc1cc(C)cc(C)c1NC(=O)C1(CO)COC1. The Hall–Kier alpha value is -1.59. The van der Waals surface area contributed by atoms with Crippen LogP contribution < -0.4 is 10.1 Å². The Balaban J connectivity index is 2.26. The highest BCUT2D eigenvalue weighted by molar-refractivity contribution is 5.98. The number of carbonyl (C=O) groups is 1. The van der Waals surface area contributed by atoms with Crippen LogP contribution in [0, 0.1) is 19.3 Å². The third-order valence-electron chi connectivity index (χ3n) is 3.44. The van der Waals surface area contributed by atoms with Gasteiger partial charge in [0.1, 0.15) is 11.2 Å². The third-order valence-corrected chi connectivity index (χ3v) is 3.44. The van der Waals surface area contributed by atoms with Gasteiger partial charge in [0.05, 0.1) is 32.6 Å². The van der Waals surface area contributed by atoms with Gasteiger partial charge in [0.2, 0.25) is 5.91 Å². The Morgan fingerprint density at radius 3 is 2.63 bits per heavy atom. The summed E-state index contributed by atoms with van der Waals surface area (Å²) in [5, 5.41) is 12.2. The second kappa shape index (κ2) is 5.19. The Kier molecular flexibility index (Phi) is 3.78. The number of nitrogens with one attached hydrogen (secondary N) is 1. The van der Waals surface area contributed by atoms with Gasteiger partial charge in [-0.2, -0.15) is 0 Å². The fourth-order valence-electron chi connectivity index (χ4n) is 2.14. The number of methoxy groups -OCH3 is 1. The molecule has 1 aromatic carbocycles. The Labute approximate surface area is 112 Å². The van der Waals surface area contributed by atoms with Gasteiger partial charge in [-0.05, 0) is 31.0 Å². The lowest BCUT2D eigenvalue weighted by atomic mass is 9.86. The van der Waals surface area contributed by atoms with Crippen molar-refractivity contribution >= 4 is 11.6 Å². The number of anilines is 1. The van der Waals surface area contributed by atoms with E-state index in [1.165, 1.54) is 0 Å². The predicted octanol–water partition coefficient (Wildman–Crippen LogP) is 1.26. The van der Waals surface area contributed by atoms with Crippen LogP contribution in [0.25, 0.3) is 0 Å². The molecule has 104 valence electrons. The van der Waals surface area contributed by atoms with Crippen LogP contribution in [0.15, 0.2) is 12.1 Å². The molecule has 0 aromatic heterocycles. The van der Waals surface area contributed by atoms with Gasteiger partial charge < -0.3 is 19.9 Å². The molecule has 1 heterocycles. The minimum absolute atomic E-state index is 0.216. The smallest absolute Gasteiger partial charge is 0.237 e. The Morgan fingerprint density at radius 1 is 1.47 bits per heavy atom. The van der Waals surface area contributed by atoms with E-state index < -0.39 is 5.41 Å². The molecule has 1 fully saturated rings. The van der Waals surface area contributed by atoms with Crippen molar-refractivity contribution in [2.24, 2.45) is 5.41 Å². The van der Waals surface area contributed by atoms with E-state index in [1.54, 1.807) is 7.11 Å². The molecule has 0 spiro atoms. The van der Waals surface area contributed by atoms with Gasteiger partial charge in [-0.25, -0.2) is 0 Å². The second-order valence-corrected chi connectivity index (χ2v) is 5.04. The molecule has 1 amide bonds. The number of hydrogen-bond donors (Lipinski definition) is 2. The van der Waals surface area contributed by atoms with E-state index in [-0.39, 0.29) is 25.7 Å². The zero-order chi connectivity index (χ0) is 14.0. The fraction of sp³-hybridized carbons (Fsp3) is 0.500. The molecular weight excluding hydrogens is 246 g/mol. The topological polar surface area (TPSA) is 67.8 Å². The zero-order valence-corrected chi connectivity index (χ0v) is 11.4. The molecular formula is C14H19NO4. The van der Waals surface area contributed by atoms with Crippen LogP contribution in [0.3, 0.4) is 0 Å². The summed E-state index contributed by atoms with van der Waals surface area (Å²) in [5.41, 5.74) is 1.83. The van der Waals surface area contributed by atoms with E-state index in [4.69, 9.17) is 9.47 Å². The zero-order valence-electron chi connectivity index (χ0n) is 11.4. The van der Waals surface area contributed by atoms with Crippen molar-refractivity contribution in [1.29, 1.82) is 0 Å². The number of benzene rings is 1. The number of aliphatic hydroxyl groups excluding tert-OH is 1. The first kappa shape index (κ1) is 13.8. The van der Waals surface area contributed by atoms with E-state index in [1.807, 2.05) is 26.0 Å². The first-order valence-corrected chi connectivity index (χ1v) is 6.18. The summed E-state index contributed by atoms with van der Waals surface area (Å²) in [6.45, 7) is 4.17. The predicted molar refractivity (Wildman–Crippen MR) is 71.4 cm³/mol. The van der Waals surface area contributed by atoms with Crippen molar-refractivity contribution in [3.05, 3.63) is 23.3 Å². The van der Waals surface area contributed by atoms with Crippen molar-refractivity contribution in [3.63, 3.8) is 0 Å². The van der Waals surface area contributed by atoms with Gasteiger partial charge in [-0.1, -0.05) is 6.07 Å². The molecule has 0 radical (unpaired) electrons. The number of ether oxygens (including phenoxy) is 2. The van der Waals surface area contributed by atoms with Crippen LogP contribution in [-0.4, -0.2) is 37.9 Å². The van der Waals surface area contributed by atoms with Crippen LogP contribution in [0.4, 0.5) is 5.69 Å². The average Bonchev–Trinajstić information content (AvgIpc) is 2.31. The van der Waals surface area contributed by atoms with Crippen LogP contribution in [0.5, 0.6) is 5.75 Å². The summed E-state index contributed by atoms with van der Waals surface area (Å²) in [5.74, 6) is 0.394. The maximum absolute atomic E-state index is 12.2. The first-order valence-electron chi connectivity index (χ1n) is 6.18. The van der Waals surface area contributed by atoms with Gasteiger partial charge in [-0.3, -0.25) is 4.79 Å². The highest BCUT2D eigenvalue weighted by Gasteiger charge is 2.45. The highest BCUT2D eigenvalue weighted by atomic mass is 16.5. The normalized spacial score (nSPS) is 16.6. The molecule has 1 saturated heterocycles. The summed E-state index contributed by atoms with van der Waals surface area (Å²) >= 11 is 0. The number of amides is 1. The van der Waals surface area contributed by atoms with Gasteiger partial charge in [0.15, 0.2) is 0 Å². The van der Waals surface area contributed by atoms with Gasteiger partial charge in [-0.15, -0.1) is 0 Å². The molecule has 2 N–H and O–H groups in total. The number of carbonyl (C=O) groups excluding carboxylic acids is 1. The van der Waals surface area contributed by atoms with Crippen molar-refractivity contribution in [2.75, 3.05) is 32.2 Å². The molecule has 1 aromatic rings.